The summed E-state index contributed by atoms with van der Waals surface area (Å²) in [5, 5.41) is 9.30. The van der Waals surface area contributed by atoms with Gasteiger partial charge in [0.2, 0.25) is 0 Å². The molecule has 6 heteroatoms. The summed E-state index contributed by atoms with van der Waals surface area (Å²) in [6, 6.07) is 30.3. The Kier molecular flexibility index (Phi) is 6.49. The van der Waals surface area contributed by atoms with Gasteiger partial charge in [-0.2, -0.15) is 0 Å². The molecule has 0 atom stereocenters. The number of ether oxygens (including phenoxy) is 2. The average molecular weight is 477 g/mol. The van der Waals surface area contributed by atoms with Gasteiger partial charge in [0, 0.05) is 16.8 Å². The van der Waals surface area contributed by atoms with Gasteiger partial charge >= 0.3 is 6.03 Å². The third-order valence-electron chi connectivity index (χ3n) is 5.99. The van der Waals surface area contributed by atoms with Gasteiger partial charge in [0.25, 0.3) is 0 Å². The lowest BCUT2D eigenvalue weighted by atomic mass is 9.90. The van der Waals surface area contributed by atoms with Gasteiger partial charge in [-0.15, -0.1) is 0 Å². The van der Waals surface area contributed by atoms with Crippen molar-refractivity contribution in [3.05, 3.63) is 103 Å². The van der Waals surface area contributed by atoms with Gasteiger partial charge in [-0.3, -0.25) is 4.79 Å². The quantitative estimate of drug-likeness (QED) is 0.204. The summed E-state index contributed by atoms with van der Waals surface area (Å²) in [5.41, 5.74) is 2.68. The first kappa shape index (κ1) is 22.9. The first-order valence-corrected chi connectivity index (χ1v) is 11.5. The normalized spacial score (nSPS) is 10.7. The number of hydrogen-bond donors (Lipinski definition) is 2. The Morgan fingerprint density at radius 1 is 0.806 bits per heavy atom. The molecule has 6 nitrogen and oxygen atoms in total. The van der Waals surface area contributed by atoms with Crippen LogP contribution in [-0.4, -0.2) is 26.2 Å². The number of para-hydroxylation sites is 1. The third-order valence-corrected chi connectivity index (χ3v) is 5.99. The maximum atomic E-state index is 12.4. The van der Waals surface area contributed by atoms with Crippen molar-refractivity contribution in [2.24, 2.45) is 0 Å². The zero-order chi connectivity index (χ0) is 24.9. The predicted molar refractivity (Wildman–Crippen MR) is 143 cm³/mol. The first-order chi connectivity index (χ1) is 17.7. The molecule has 0 spiro atoms. The number of nitrogens with one attached hydrogen (secondary N) is 2. The second-order valence-corrected chi connectivity index (χ2v) is 8.16. The Bertz CT molecular complexity index is 1560. The number of carbonyl (C=O) groups is 2. The van der Waals surface area contributed by atoms with Crippen molar-refractivity contribution in [3.63, 3.8) is 0 Å². The molecule has 0 aromatic heterocycles. The second kappa shape index (κ2) is 10.2. The van der Waals surface area contributed by atoms with Crippen LogP contribution in [0.4, 0.5) is 10.5 Å². The Balaban J connectivity index is 1.58. The molecule has 0 radical (unpaired) electrons. The molecule has 0 fully saturated rings. The molecule has 36 heavy (non-hydrogen) atoms. The fourth-order valence-electron chi connectivity index (χ4n) is 4.41. The predicted octanol–water partition coefficient (Wildman–Crippen LogP) is 6.64. The molecule has 0 saturated heterocycles. The van der Waals surface area contributed by atoms with Crippen LogP contribution >= 0.6 is 0 Å². The van der Waals surface area contributed by atoms with Gasteiger partial charge in [-0.1, -0.05) is 72.8 Å². The molecule has 0 bridgehead atoms. The highest BCUT2D eigenvalue weighted by atomic mass is 16.5. The first-order valence-electron chi connectivity index (χ1n) is 11.5. The molecule has 2 amide bonds. The van der Waals surface area contributed by atoms with E-state index in [1.54, 1.807) is 19.2 Å². The molecule has 2 N–H and O–H groups in total. The smallest absolute Gasteiger partial charge is 0.321 e. The summed E-state index contributed by atoms with van der Waals surface area (Å²) in [6.07, 6.45) is 0.801. The number of rotatable bonds is 7. The van der Waals surface area contributed by atoms with Gasteiger partial charge in [0.15, 0.2) is 13.0 Å². The number of benzene rings is 5. The largest absolute Gasteiger partial charge is 0.495 e. The Labute approximate surface area is 208 Å². The number of carbonyl (C=O) groups excluding carboxylic acids is 2. The number of anilines is 1. The lowest BCUT2D eigenvalue weighted by Crippen LogP contribution is -2.32. The second-order valence-electron chi connectivity index (χ2n) is 8.16. The topological polar surface area (TPSA) is 76.7 Å². The molecule has 0 heterocycles. The average Bonchev–Trinajstić information content (AvgIpc) is 2.92. The highest BCUT2D eigenvalue weighted by molar-refractivity contribution is 6.12. The molecule has 0 saturated carbocycles. The van der Waals surface area contributed by atoms with Crippen LogP contribution in [-0.2, 0) is 0 Å². The summed E-state index contributed by atoms with van der Waals surface area (Å²) < 4.78 is 11.9. The molecule has 178 valence electrons. The molecule has 0 unspecified atom stereocenters. The number of aldehydes is 1. The fourth-order valence-corrected chi connectivity index (χ4v) is 4.41. The molecule has 0 aliphatic heterocycles. The lowest BCUT2D eigenvalue weighted by molar-refractivity contribution is 0.112. The van der Waals surface area contributed by atoms with Crippen LogP contribution in [0.2, 0.25) is 0 Å². The number of urea groups is 1. The van der Waals surface area contributed by atoms with Crippen molar-refractivity contribution in [1.29, 1.82) is 0 Å². The summed E-state index contributed by atoms with van der Waals surface area (Å²) in [6.45, 7) is -0.0579. The maximum absolute atomic E-state index is 12.4. The maximum Gasteiger partial charge on any atom is 0.321 e. The van der Waals surface area contributed by atoms with Gasteiger partial charge in [0.1, 0.15) is 11.5 Å². The molecular formula is C30H24N2O4. The van der Waals surface area contributed by atoms with E-state index in [2.05, 4.69) is 10.6 Å². The molecular weight excluding hydrogens is 452 g/mol. The summed E-state index contributed by atoms with van der Waals surface area (Å²) in [5.74, 6) is 1.03. The van der Waals surface area contributed by atoms with E-state index in [9.17, 15) is 9.59 Å². The van der Waals surface area contributed by atoms with E-state index in [4.69, 9.17) is 9.47 Å². The number of amides is 2. The number of fused-ring (bicyclic) bond motifs is 2. The van der Waals surface area contributed by atoms with Crippen LogP contribution in [0.1, 0.15) is 10.4 Å². The zero-order valence-electron chi connectivity index (χ0n) is 19.7. The summed E-state index contributed by atoms with van der Waals surface area (Å²) in [4.78, 5) is 24.4. The minimum Gasteiger partial charge on any atom is -0.495 e. The van der Waals surface area contributed by atoms with Crippen molar-refractivity contribution in [2.45, 2.75) is 0 Å². The van der Waals surface area contributed by atoms with Crippen LogP contribution in [0.3, 0.4) is 0 Å². The fraction of sp³-hybridized carbons (Fsp3) is 0.0667. The van der Waals surface area contributed by atoms with Crippen LogP contribution in [0, 0.1) is 0 Å². The molecule has 0 aliphatic rings. The van der Waals surface area contributed by atoms with Crippen LogP contribution < -0.4 is 20.1 Å². The third kappa shape index (κ3) is 4.44. The van der Waals surface area contributed by atoms with Gasteiger partial charge in [0.05, 0.1) is 12.7 Å². The van der Waals surface area contributed by atoms with E-state index >= 15 is 0 Å². The van der Waals surface area contributed by atoms with Crippen molar-refractivity contribution in [3.8, 4) is 22.6 Å². The molecule has 0 aliphatic carbocycles. The SMILES string of the molecule is COc1c(C=O)cc2ccccc2c1-c1c(OCNC(=O)Nc2ccccc2)ccc2ccccc12. The van der Waals surface area contributed by atoms with Crippen molar-refractivity contribution in [2.75, 3.05) is 19.2 Å². The van der Waals surface area contributed by atoms with Gasteiger partial charge in [-0.25, -0.2) is 4.79 Å². The van der Waals surface area contributed by atoms with Crippen molar-refractivity contribution in [1.82, 2.24) is 5.32 Å². The minimum absolute atomic E-state index is 0.0579. The van der Waals surface area contributed by atoms with Gasteiger partial charge in [-0.05, 0) is 45.8 Å². The molecule has 5 aromatic rings. The number of methoxy groups -OCH3 is 1. The van der Waals surface area contributed by atoms with E-state index in [1.165, 1.54) is 0 Å². The number of hydrogen-bond acceptors (Lipinski definition) is 4. The minimum atomic E-state index is -0.380. The van der Waals surface area contributed by atoms with E-state index in [-0.39, 0.29) is 12.8 Å². The van der Waals surface area contributed by atoms with E-state index in [0.717, 1.165) is 39.0 Å². The standard InChI is InChI=1S/C30H24N2O4/c1-35-29-22(18-33)17-21-10-6-8-14-25(21)28(29)27-24-13-7-5-9-20(24)15-16-26(27)36-19-31-30(34)32-23-11-3-2-4-12-23/h2-18H,19H2,1H3,(H2,31,32,34). The monoisotopic (exact) mass is 476 g/mol. The van der Waals surface area contributed by atoms with E-state index in [1.807, 2.05) is 84.9 Å². The van der Waals surface area contributed by atoms with Crippen molar-refractivity contribution >= 4 is 39.5 Å². The lowest BCUT2D eigenvalue weighted by Gasteiger charge is -2.20. The summed E-state index contributed by atoms with van der Waals surface area (Å²) >= 11 is 0. The van der Waals surface area contributed by atoms with Crippen LogP contribution in [0.15, 0.2) is 97.1 Å². The van der Waals surface area contributed by atoms with E-state index < -0.39 is 0 Å². The summed E-state index contributed by atoms with van der Waals surface area (Å²) in [7, 11) is 1.56. The van der Waals surface area contributed by atoms with Crippen LogP contribution in [0.25, 0.3) is 32.7 Å². The zero-order valence-corrected chi connectivity index (χ0v) is 19.7. The Morgan fingerprint density at radius 2 is 1.47 bits per heavy atom. The molecule has 5 aromatic carbocycles. The Morgan fingerprint density at radius 3 is 2.19 bits per heavy atom. The van der Waals surface area contributed by atoms with Gasteiger partial charge < -0.3 is 20.1 Å². The van der Waals surface area contributed by atoms with E-state index in [0.29, 0.717) is 22.7 Å². The highest BCUT2D eigenvalue weighted by Crippen LogP contribution is 2.46. The molecule has 5 rings (SSSR count). The van der Waals surface area contributed by atoms with Crippen LogP contribution in [0.5, 0.6) is 11.5 Å². The highest BCUT2D eigenvalue weighted by Gasteiger charge is 2.21. The van der Waals surface area contributed by atoms with Crippen molar-refractivity contribution < 1.29 is 19.1 Å². The Hall–Kier alpha value is -4.84.